The molecule has 24 heavy (non-hydrogen) atoms. The Morgan fingerprint density at radius 1 is 1.25 bits per heavy atom. The van der Waals surface area contributed by atoms with E-state index in [9.17, 15) is 0 Å². The summed E-state index contributed by atoms with van der Waals surface area (Å²) in [5.41, 5.74) is 1.28. The number of hydrogen-bond donors (Lipinski definition) is 1. The van der Waals surface area contributed by atoms with E-state index in [4.69, 9.17) is 4.74 Å². The van der Waals surface area contributed by atoms with Crippen molar-refractivity contribution in [1.29, 1.82) is 0 Å². The van der Waals surface area contributed by atoms with E-state index in [0.29, 0.717) is 5.92 Å². The second-order valence-electron chi connectivity index (χ2n) is 6.14. The quantitative estimate of drug-likeness (QED) is 0.450. The van der Waals surface area contributed by atoms with E-state index in [1.165, 1.54) is 22.8 Å². The molecule has 0 spiro atoms. The van der Waals surface area contributed by atoms with Gasteiger partial charge in [-0.15, -0.1) is 24.0 Å². The molecule has 1 N–H and O–H groups in total. The molecule has 0 radical (unpaired) electrons. The molecule has 130 valence electrons. The maximum absolute atomic E-state index is 5.27. The molecule has 1 unspecified atom stereocenters. The van der Waals surface area contributed by atoms with Crippen molar-refractivity contribution in [1.82, 2.24) is 10.2 Å². The number of methoxy groups -OCH3 is 1. The maximum atomic E-state index is 5.27. The van der Waals surface area contributed by atoms with Gasteiger partial charge in [0.1, 0.15) is 0 Å². The van der Waals surface area contributed by atoms with Crippen molar-refractivity contribution in [3.63, 3.8) is 0 Å². The van der Waals surface area contributed by atoms with Crippen LogP contribution in [0.3, 0.4) is 0 Å². The highest BCUT2D eigenvalue weighted by atomic mass is 127. The molecule has 0 aliphatic carbocycles. The van der Waals surface area contributed by atoms with Crippen LogP contribution in [0.2, 0.25) is 0 Å². The maximum Gasteiger partial charge on any atom is 0.193 e. The Bertz CT molecular complexity index is 689. The number of likely N-dealkylation sites (tertiary alicyclic amines) is 1. The fourth-order valence-electron chi connectivity index (χ4n) is 3.26. The lowest BCUT2D eigenvalue weighted by molar-refractivity contribution is 0.157. The van der Waals surface area contributed by atoms with Gasteiger partial charge >= 0.3 is 0 Å². The Morgan fingerprint density at radius 3 is 2.79 bits per heavy atom. The fraction of sp³-hybridized carbons (Fsp3) is 0.421. The molecule has 3 rings (SSSR count). The number of nitrogens with zero attached hydrogens (tertiary/aromatic N) is 2. The van der Waals surface area contributed by atoms with Crippen LogP contribution >= 0.6 is 24.0 Å². The Balaban J connectivity index is 0.00000208. The van der Waals surface area contributed by atoms with Crippen LogP contribution in [0.1, 0.15) is 12.0 Å². The van der Waals surface area contributed by atoms with E-state index in [0.717, 1.165) is 32.2 Å². The number of halogens is 1. The van der Waals surface area contributed by atoms with Gasteiger partial charge in [0.25, 0.3) is 0 Å². The van der Waals surface area contributed by atoms with E-state index in [1.807, 2.05) is 7.05 Å². The molecule has 1 aliphatic rings. The predicted octanol–water partition coefficient (Wildman–Crippen LogP) is 3.50. The number of aliphatic imine (C=N–C) groups is 1. The van der Waals surface area contributed by atoms with Crippen molar-refractivity contribution >= 4 is 40.7 Å². The Hall–Kier alpha value is -1.34. The highest BCUT2D eigenvalue weighted by Gasteiger charge is 2.24. The molecule has 0 amide bonds. The highest BCUT2D eigenvalue weighted by Crippen LogP contribution is 2.17. The summed E-state index contributed by atoms with van der Waals surface area (Å²) in [4.78, 5) is 6.76. The molecule has 0 saturated carbocycles. The smallest absolute Gasteiger partial charge is 0.193 e. The highest BCUT2D eigenvalue weighted by molar-refractivity contribution is 14.0. The van der Waals surface area contributed by atoms with Crippen molar-refractivity contribution in [2.75, 3.05) is 33.9 Å². The van der Waals surface area contributed by atoms with Crippen LogP contribution in [-0.4, -0.2) is 44.7 Å². The minimum absolute atomic E-state index is 0. The van der Waals surface area contributed by atoms with Gasteiger partial charge in [-0.3, -0.25) is 4.99 Å². The molecule has 1 atom stereocenters. The molecule has 1 fully saturated rings. The third-order valence-corrected chi connectivity index (χ3v) is 4.46. The number of nitrogens with one attached hydrogen (secondary N) is 1. The van der Waals surface area contributed by atoms with Crippen molar-refractivity contribution in [2.24, 2.45) is 10.9 Å². The predicted molar refractivity (Wildman–Crippen MR) is 111 cm³/mol. The summed E-state index contributed by atoms with van der Waals surface area (Å²) in [6.45, 7) is 3.69. The Kier molecular flexibility index (Phi) is 7.30. The molecule has 0 aromatic heterocycles. The first-order valence-electron chi connectivity index (χ1n) is 8.22. The van der Waals surface area contributed by atoms with E-state index >= 15 is 0 Å². The average molecular weight is 439 g/mol. The van der Waals surface area contributed by atoms with E-state index < -0.39 is 0 Å². The monoisotopic (exact) mass is 439 g/mol. The summed E-state index contributed by atoms with van der Waals surface area (Å²) in [5, 5.41) is 6.05. The van der Waals surface area contributed by atoms with Gasteiger partial charge in [-0.05, 0) is 28.8 Å². The summed E-state index contributed by atoms with van der Waals surface area (Å²) in [7, 11) is 3.63. The second kappa shape index (κ2) is 9.22. The number of guanidine groups is 1. The summed E-state index contributed by atoms with van der Waals surface area (Å²) < 4.78 is 5.27. The van der Waals surface area contributed by atoms with Gasteiger partial charge in [-0.1, -0.05) is 36.4 Å². The molecule has 2 aromatic rings. The summed E-state index contributed by atoms with van der Waals surface area (Å²) in [6, 6.07) is 15.1. The zero-order chi connectivity index (χ0) is 16.1. The molecule has 4 nitrogen and oxygen atoms in total. The molecule has 5 heteroatoms. The summed E-state index contributed by atoms with van der Waals surface area (Å²) in [5.74, 6) is 1.59. The lowest BCUT2D eigenvalue weighted by Crippen LogP contribution is -2.39. The Labute approximate surface area is 161 Å². The third kappa shape index (κ3) is 4.60. The summed E-state index contributed by atoms with van der Waals surface area (Å²) in [6.07, 6.45) is 1.17. The fourth-order valence-corrected chi connectivity index (χ4v) is 3.26. The minimum Gasteiger partial charge on any atom is -0.384 e. The van der Waals surface area contributed by atoms with Gasteiger partial charge in [0.2, 0.25) is 0 Å². The second-order valence-corrected chi connectivity index (χ2v) is 6.14. The van der Waals surface area contributed by atoms with Gasteiger partial charge in [0.05, 0.1) is 6.61 Å². The first kappa shape index (κ1) is 19.0. The third-order valence-electron chi connectivity index (χ3n) is 4.46. The van der Waals surface area contributed by atoms with Gasteiger partial charge in [0, 0.05) is 39.7 Å². The number of benzene rings is 2. The molecule has 1 saturated heterocycles. The first-order chi connectivity index (χ1) is 11.3. The Morgan fingerprint density at radius 2 is 2.04 bits per heavy atom. The van der Waals surface area contributed by atoms with Crippen LogP contribution < -0.4 is 5.32 Å². The lowest BCUT2D eigenvalue weighted by atomic mass is 10.1. The van der Waals surface area contributed by atoms with Gasteiger partial charge in [-0.2, -0.15) is 0 Å². The van der Waals surface area contributed by atoms with E-state index in [1.54, 1.807) is 7.11 Å². The first-order valence-corrected chi connectivity index (χ1v) is 8.22. The molecule has 2 aromatic carbocycles. The van der Waals surface area contributed by atoms with Crippen LogP contribution in [0.4, 0.5) is 0 Å². The number of ether oxygens (including phenoxy) is 1. The van der Waals surface area contributed by atoms with Crippen molar-refractivity contribution < 1.29 is 4.74 Å². The lowest BCUT2D eigenvalue weighted by Gasteiger charge is -2.21. The van der Waals surface area contributed by atoms with Crippen LogP contribution in [0.15, 0.2) is 47.5 Å². The van der Waals surface area contributed by atoms with Crippen molar-refractivity contribution in [3.05, 3.63) is 48.0 Å². The van der Waals surface area contributed by atoms with Crippen LogP contribution in [0.5, 0.6) is 0 Å². The minimum atomic E-state index is 0. The SMILES string of the molecule is CN=C(NCc1ccc2ccccc2c1)N1CCC(COC)C1.I. The van der Waals surface area contributed by atoms with Gasteiger partial charge < -0.3 is 15.0 Å². The van der Waals surface area contributed by atoms with Crippen LogP contribution in [-0.2, 0) is 11.3 Å². The molecular formula is C19H26IN3O. The zero-order valence-corrected chi connectivity index (χ0v) is 16.7. The molecule has 1 heterocycles. The number of hydrogen-bond acceptors (Lipinski definition) is 2. The van der Waals surface area contributed by atoms with Crippen molar-refractivity contribution in [3.8, 4) is 0 Å². The molecular weight excluding hydrogens is 413 g/mol. The van der Waals surface area contributed by atoms with Crippen LogP contribution in [0, 0.1) is 5.92 Å². The van der Waals surface area contributed by atoms with Gasteiger partial charge in [-0.25, -0.2) is 0 Å². The summed E-state index contributed by atoms with van der Waals surface area (Å²) >= 11 is 0. The molecule has 1 aliphatic heterocycles. The zero-order valence-electron chi connectivity index (χ0n) is 14.4. The average Bonchev–Trinajstić information content (AvgIpc) is 3.04. The largest absolute Gasteiger partial charge is 0.384 e. The van der Waals surface area contributed by atoms with Gasteiger partial charge in [0.15, 0.2) is 5.96 Å². The van der Waals surface area contributed by atoms with E-state index in [-0.39, 0.29) is 24.0 Å². The van der Waals surface area contributed by atoms with Crippen LogP contribution in [0.25, 0.3) is 10.8 Å². The number of fused-ring (bicyclic) bond motifs is 1. The van der Waals surface area contributed by atoms with E-state index in [2.05, 4.69) is 57.7 Å². The molecule has 0 bridgehead atoms. The number of rotatable bonds is 4. The topological polar surface area (TPSA) is 36.9 Å². The standard InChI is InChI=1S/C19H25N3O.HI/c1-20-19(22-10-9-16(13-22)14-23-2)21-12-15-7-8-17-5-3-4-6-18(17)11-15;/h3-8,11,16H,9-10,12-14H2,1-2H3,(H,20,21);1H. The normalized spacial score (nSPS) is 17.8. The van der Waals surface area contributed by atoms with Crippen molar-refractivity contribution in [2.45, 2.75) is 13.0 Å².